The Bertz CT molecular complexity index is 1090. The fourth-order valence-corrected chi connectivity index (χ4v) is 3.68. The van der Waals surface area contributed by atoms with Crippen molar-refractivity contribution >= 4 is 33.2 Å². The van der Waals surface area contributed by atoms with E-state index in [2.05, 4.69) is 4.98 Å². The molecule has 0 radical (unpaired) electrons. The van der Waals surface area contributed by atoms with Gasteiger partial charge in [-0.3, -0.25) is 19.5 Å². The molecule has 2 aromatic heterocycles. The average Bonchev–Trinajstić information content (AvgIpc) is 3.13. The van der Waals surface area contributed by atoms with Crippen molar-refractivity contribution in [3.63, 3.8) is 0 Å². The number of unbranched alkanes of at least 4 members (excludes halogenated alkanes) is 1. The number of nitro groups is 1. The number of carbonyl (C=O) groups is 1. The largest absolute Gasteiger partial charge is 0.464 e. The molecule has 3 aromatic rings. The van der Waals surface area contributed by atoms with Crippen LogP contribution in [0.15, 0.2) is 40.8 Å². The highest BCUT2D eigenvalue weighted by Gasteiger charge is 2.21. The minimum atomic E-state index is -0.820. The fraction of sp³-hybridized carbons (Fsp3) is 0.316. The number of esters is 1. The van der Waals surface area contributed by atoms with Gasteiger partial charge in [0.25, 0.3) is 11.2 Å². The average molecular weight is 401 g/mol. The summed E-state index contributed by atoms with van der Waals surface area (Å²) in [5.74, 6) is -0.496. The van der Waals surface area contributed by atoms with Crippen LogP contribution in [-0.4, -0.2) is 27.1 Å². The van der Waals surface area contributed by atoms with Crippen LogP contribution in [0.4, 0.5) is 5.69 Å². The van der Waals surface area contributed by atoms with E-state index in [0.717, 1.165) is 12.8 Å². The second kappa shape index (κ2) is 8.30. The van der Waals surface area contributed by atoms with Crippen molar-refractivity contribution in [2.45, 2.75) is 32.7 Å². The lowest BCUT2D eigenvalue weighted by Gasteiger charge is -2.14. The number of hydrogen-bond acceptors (Lipinski definition) is 7. The van der Waals surface area contributed by atoms with Gasteiger partial charge in [-0.05, 0) is 18.9 Å². The van der Waals surface area contributed by atoms with E-state index < -0.39 is 16.9 Å². The van der Waals surface area contributed by atoms with E-state index >= 15 is 0 Å². The minimum absolute atomic E-state index is 0.0612. The molecule has 2 heterocycles. The monoisotopic (exact) mass is 401 g/mol. The molecule has 0 aliphatic rings. The lowest BCUT2D eigenvalue weighted by molar-refractivity contribution is -0.384. The van der Waals surface area contributed by atoms with Gasteiger partial charge < -0.3 is 4.74 Å². The molecule has 0 aliphatic heterocycles. The van der Waals surface area contributed by atoms with Gasteiger partial charge in [-0.1, -0.05) is 25.5 Å². The molecule has 28 heavy (non-hydrogen) atoms. The summed E-state index contributed by atoms with van der Waals surface area (Å²) in [4.78, 5) is 40.7. The van der Waals surface area contributed by atoms with Gasteiger partial charge in [0.2, 0.25) is 0 Å². The summed E-state index contributed by atoms with van der Waals surface area (Å²) in [6.45, 7) is 3.88. The Balaban J connectivity index is 2.03. The molecule has 9 heteroatoms. The third-order valence-corrected chi connectivity index (χ3v) is 5.27. The second-order valence-corrected chi connectivity index (χ2v) is 7.15. The molecule has 0 aliphatic carbocycles. The summed E-state index contributed by atoms with van der Waals surface area (Å²) in [5.41, 5.74) is 0.666. The van der Waals surface area contributed by atoms with Crippen molar-refractivity contribution in [3.05, 3.63) is 56.4 Å². The predicted molar refractivity (Wildman–Crippen MR) is 107 cm³/mol. The first-order valence-corrected chi connectivity index (χ1v) is 9.71. The third kappa shape index (κ3) is 3.79. The Kier molecular flexibility index (Phi) is 5.84. The topological polar surface area (TPSA) is 104 Å². The van der Waals surface area contributed by atoms with E-state index in [1.807, 2.05) is 6.92 Å². The maximum Gasteiger partial charge on any atom is 0.328 e. The number of rotatable bonds is 7. The highest BCUT2D eigenvalue weighted by Crippen LogP contribution is 2.32. The van der Waals surface area contributed by atoms with Crippen molar-refractivity contribution in [1.29, 1.82) is 0 Å². The van der Waals surface area contributed by atoms with Gasteiger partial charge in [0.15, 0.2) is 0 Å². The van der Waals surface area contributed by atoms with Gasteiger partial charge in [0.05, 0.1) is 23.2 Å². The van der Waals surface area contributed by atoms with Gasteiger partial charge in [-0.2, -0.15) is 0 Å². The van der Waals surface area contributed by atoms with Crippen LogP contribution in [0.3, 0.4) is 0 Å². The van der Waals surface area contributed by atoms with Gasteiger partial charge in [-0.15, -0.1) is 11.3 Å². The number of thiophene rings is 1. The van der Waals surface area contributed by atoms with Crippen LogP contribution in [0.5, 0.6) is 0 Å². The van der Waals surface area contributed by atoms with E-state index in [1.54, 1.807) is 24.4 Å². The smallest absolute Gasteiger partial charge is 0.328 e. The zero-order valence-corrected chi connectivity index (χ0v) is 16.3. The molecule has 0 saturated carbocycles. The van der Waals surface area contributed by atoms with Crippen molar-refractivity contribution < 1.29 is 14.5 Å². The highest BCUT2D eigenvalue weighted by molar-refractivity contribution is 7.17. The van der Waals surface area contributed by atoms with Crippen molar-refractivity contribution in [2.75, 3.05) is 6.61 Å². The molecule has 3 rings (SSSR count). The predicted octanol–water partition coefficient (Wildman–Crippen LogP) is 3.94. The third-order valence-electron chi connectivity index (χ3n) is 4.39. The van der Waals surface area contributed by atoms with E-state index in [-0.39, 0.29) is 11.2 Å². The van der Waals surface area contributed by atoms with Crippen molar-refractivity contribution in [3.8, 4) is 11.1 Å². The molecule has 1 atom stereocenters. The molecule has 0 saturated heterocycles. The van der Waals surface area contributed by atoms with Gasteiger partial charge in [0.1, 0.15) is 10.9 Å². The minimum Gasteiger partial charge on any atom is -0.464 e. The highest BCUT2D eigenvalue weighted by atomic mass is 32.1. The summed E-state index contributed by atoms with van der Waals surface area (Å²) in [5, 5.41) is 13.1. The zero-order valence-electron chi connectivity index (χ0n) is 15.5. The number of benzene rings is 1. The van der Waals surface area contributed by atoms with Crippen LogP contribution in [-0.2, 0) is 9.53 Å². The summed E-state index contributed by atoms with van der Waals surface area (Å²) in [6.07, 6.45) is 2.99. The Labute approximate surface area is 164 Å². The van der Waals surface area contributed by atoms with Gasteiger partial charge >= 0.3 is 5.97 Å². The Morgan fingerprint density at radius 3 is 2.93 bits per heavy atom. The number of aromatic nitrogens is 2. The van der Waals surface area contributed by atoms with Gasteiger partial charge in [-0.25, -0.2) is 9.78 Å². The van der Waals surface area contributed by atoms with Crippen LogP contribution >= 0.6 is 11.3 Å². The Hall–Kier alpha value is -3.07. The van der Waals surface area contributed by atoms with E-state index in [9.17, 15) is 19.7 Å². The molecule has 0 fully saturated rings. The number of nitrogens with zero attached hydrogens (tertiary/aromatic N) is 3. The lowest BCUT2D eigenvalue weighted by Crippen LogP contribution is -2.29. The van der Waals surface area contributed by atoms with Crippen molar-refractivity contribution in [1.82, 2.24) is 9.55 Å². The molecule has 8 nitrogen and oxygen atoms in total. The molecule has 0 amide bonds. The van der Waals surface area contributed by atoms with Gasteiger partial charge in [0, 0.05) is 23.1 Å². The standard InChI is InChI=1S/C19H19N3O5S/c1-3-4-8-27-19(24)12(2)21-11-20-17-16(18(21)23)15(10-28-17)13-6-5-7-14(9-13)22(25)26/h5-7,9-12H,3-4,8H2,1-2H3/t12-/m1/s1. The molecular formula is C19H19N3O5S. The number of nitro benzene ring substituents is 1. The molecule has 1 aromatic carbocycles. The van der Waals surface area contributed by atoms with Crippen LogP contribution in [0.25, 0.3) is 21.3 Å². The quantitative estimate of drug-likeness (QED) is 0.257. The number of fused-ring (bicyclic) bond motifs is 1. The normalized spacial score (nSPS) is 12.1. The molecule has 0 bridgehead atoms. The molecule has 146 valence electrons. The first kappa shape index (κ1) is 19.7. The number of carbonyl (C=O) groups excluding carboxylic acids is 1. The van der Waals surface area contributed by atoms with Crippen LogP contribution in [0.1, 0.15) is 32.7 Å². The Morgan fingerprint density at radius 1 is 1.43 bits per heavy atom. The summed E-state index contributed by atoms with van der Waals surface area (Å²) < 4.78 is 6.45. The summed E-state index contributed by atoms with van der Waals surface area (Å²) in [7, 11) is 0. The van der Waals surface area contributed by atoms with Crippen molar-refractivity contribution in [2.24, 2.45) is 0 Å². The first-order valence-electron chi connectivity index (χ1n) is 8.83. The molecular weight excluding hydrogens is 382 g/mol. The van der Waals surface area contributed by atoms with Crippen LogP contribution in [0, 0.1) is 10.1 Å². The molecule has 0 N–H and O–H groups in total. The SMILES string of the molecule is CCCCOC(=O)[C@@H](C)n1cnc2scc(-c3cccc([N+](=O)[O-])c3)c2c1=O. The number of hydrogen-bond donors (Lipinski definition) is 0. The molecule has 0 unspecified atom stereocenters. The Morgan fingerprint density at radius 2 is 2.21 bits per heavy atom. The first-order chi connectivity index (χ1) is 13.4. The summed E-state index contributed by atoms with van der Waals surface area (Å²) in [6, 6.07) is 5.26. The lowest BCUT2D eigenvalue weighted by atomic mass is 10.1. The van der Waals surface area contributed by atoms with E-state index in [4.69, 9.17) is 4.74 Å². The zero-order chi connectivity index (χ0) is 20.3. The van der Waals surface area contributed by atoms with E-state index in [0.29, 0.717) is 28.0 Å². The number of ether oxygens (including phenoxy) is 1. The molecule has 0 spiro atoms. The van der Waals surface area contributed by atoms with E-state index in [1.165, 1.54) is 34.4 Å². The second-order valence-electron chi connectivity index (χ2n) is 6.29. The maximum atomic E-state index is 13.1. The van der Waals surface area contributed by atoms with Crippen LogP contribution < -0.4 is 5.56 Å². The fourth-order valence-electron chi connectivity index (χ4n) is 2.77. The number of non-ortho nitro benzene ring substituents is 1. The summed E-state index contributed by atoms with van der Waals surface area (Å²) >= 11 is 1.27. The van der Waals surface area contributed by atoms with Crippen LogP contribution in [0.2, 0.25) is 0 Å². The maximum absolute atomic E-state index is 13.1.